The molecule has 88 valence electrons. The second-order valence-electron chi connectivity index (χ2n) is 4.02. The van der Waals surface area contributed by atoms with Crippen molar-refractivity contribution < 1.29 is 14.3 Å². The molecule has 0 radical (unpaired) electrons. The van der Waals surface area contributed by atoms with E-state index in [9.17, 15) is 9.59 Å². The van der Waals surface area contributed by atoms with E-state index in [2.05, 4.69) is 0 Å². The van der Waals surface area contributed by atoms with Crippen LogP contribution in [-0.4, -0.2) is 24.8 Å². The van der Waals surface area contributed by atoms with Crippen molar-refractivity contribution in [1.29, 1.82) is 0 Å². The standard InChI is InChI=1S/C12H22O3/c1-4-5-11(13)6-8-15-9-7-12(14)10(2)3/h10H,4-9H2,1-3H3. The van der Waals surface area contributed by atoms with Crippen molar-refractivity contribution in [2.45, 2.75) is 46.5 Å². The second-order valence-corrected chi connectivity index (χ2v) is 4.02. The van der Waals surface area contributed by atoms with Crippen LogP contribution in [0.5, 0.6) is 0 Å². The summed E-state index contributed by atoms with van der Waals surface area (Å²) in [6, 6.07) is 0. The first-order valence-electron chi connectivity index (χ1n) is 5.70. The molecule has 0 unspecified atom stereocenters. The first-order valence-corrected chi connectivity index (χ1v) is 5.70. The fourth-order valence-electron chi connectivity index (χ4n) is 1.15. The Morgan fingerprint density at radius 2 is 1.67 bits per heavy atom. The van der Waals surface area contributed by atoms with Crippen molar-refractivity contribution in [3.05, 3.63) is 0 Å². The molecule has 0 aliphatic carbocycles. The summed E-state index contributed by atoms with van der Waals surface area (Å²) >= 11 is 0. The minimum atomic E-state index is 0.0790. The van der Waals surface area contributed by atoms with Gasteiger partial charge in [0.05, 0.1) is 13.2 Å². The van der Waals surface area contributed by atoms with Gasteiger partial charge in [0.25, 0.3) is 0 Å². The lowest BCUT2D eigenvalue weighted by atomic mass is 10.1. The molecule has 0 atom stereocenters. The molecule has 3 nitrogen and oxygen atoms in total. The number of ketones is 2. The summed E-state index contributed by atoms with van der Waals surface area (Å²) in [6.45, 7) is 6.64. The zero-order chi connectivity index (χ0) is 11.7. The molecular formula is C12H22O3. The normalized spacial score (nSPS) is 10.7. The summed E-state index contributed by atoms with van der Waals surface area (Å²) in [7, 11) is 0. The van der Waals surface area contributed by atoms with Gasteiger partial charge in [0.15, 0.2) is 0 Å². The van der Waals surface area contributed by atoms with E-state index >= 15 is 0 Å². The number of Topliss-reactive ketones (excluding diaryl/α,β-unsaturated/α-hetero) is 2. The Balaban J connectivity index is 3.32. The molecular weight excluding hydrogens is 192 g/mol. The second kappa shape index (κ2) is 8.60. The Morgan fingerprint density at radius 3 is 2.20 bits per heavy atom. The average Bonchev–Trinajstić information content (AvgIpc) is 2.17. The number of hydrogen-bond donors (Lipinski definition) is 0. The first kappa shape index (κ1) is 14.3. The van der Waals surface area contributed by atoms with Gasteiger partial charge in [-0.1, -0.05) is 20.8 Å². The lowest BCUT2D eigenvalue weighted by Gasteiger charge is -2.05. The third kappa shape index (κ3) is 8.30. The Bertz CT molecular complexity index is 197. The molecule has 0 heterocycles. The van der Waals surface area contributed by atoms with Crippen LogP contribution in [0.25, 0.3) is 0 Å². The summed E-state index contributed by atoms with van der Waals surface area (Å²) in [5.74, 6) is 0.540. The minimum absolute atomic E-state index is 0.0790. The van der Waals surface area contributed by atoms with Crippen LogP contribution in [0.3, 0.4) is 0 Å². The number of ether oxygens (including phenoxy) is 1. The van der Waals surface area contributed by atoms with E-state index in [1.54, 1.807) is 0 Å². The summed E-state index contributed by atoms with van der Waals surface area (Å²) in [6.07, 6.45) is 2.46. The summed E-state index contributed by atoms with van der Waals surface area (Å²) in [5.41, 5.74) is 0. The quantitative estimate of drug-likeness (QED) is 0.553. The molecule has 0 spiro atoms. The van der Waals surface area contributed by atoms with E-state index in [0.717, 1.165) is 6.42 Å². The zero-order valence-electron chi connectivity index (χ0n) is 10.0. The molecule has 0 aliphatic heterocycles. The molecule has 0 saturated heterocycles. The lowest BCUT2D eigenvalue weighted by molar-refractivity contribution is -0.123. The monoisotopic (exact) mass is 214 g/mol. The maximum absolute atomic E-state index is 11.2. The fourth-order valence-corrected chi connectivity index (χ4v) is 1.15. The summed E-state index contributed by atoms with van der Waals surface area (Å²) in [4.78, 5) is 22.3. The highest BCUT2D eigenvalue weighted by atomic mass is 16.5. The van der Waals surface area contributed by atoms with E-state index in [1.807, 2.05) is 20.8 Å². The van der Waals surface area contributed by atoms with Crippen molar-refractivity contribution in [3.63, 3.8) is 0 Å². The number of carbonyl (C=O) groups is 2. The minimum Gasteiger partial charge on any atom is -0.381 e. The van der Waals surface area contributed by atoms with Crippen molar-refractivity contribution in [2.24, 2.45) is 5.92 Å². The summed E-state index contributed by atoms with van der Waals surface area (Å²) in [5, 5.41) is 0. The van der Waals surface area contributed by atoms with Crippen molar-refractivity contribution in [2.75, 3.05) is 13.2 Å². The molecule has 0 aromatic rings. The van der Waals surface area contributed by atoms with Crippen LogP contribution in [-0.2, 0) is 14.3 Å². The van der Waals surface area contributed by atoms with Crippen LogP contribution in [0.2, 0.25) is 0 Å². The third-order valence-corrected chi connectivity index (χ3v) is 2.19. The number of hydrogen-bond acceptors (Lipinski definition) is 3. The topological polar surface area (TPSA) is 43.4 Å². The van der Waals surface area contributed by atoms with Gasteiger partial charge in [0, 0.05) is 25.2 Å². The van der Waals surface area contributed by atoms with Gasteiger partial charge in [-0.15, -0.1) is 0 Å². The van der Waals surface area contributed by atoms with Gasteiger partial charge in [-0.05, 0) is 6.42 Å². The SMILES string of the molecule is CCCC(=O)CCOCCC(=O)C(C)C. The molecule has 0 aromatic heterocycles. The summed E-state index contributed by atoms with van der Waals surface area (Å²) < 4.78 is 5.23. The van der Waals surface area contributed by atoms with Crippen LogP contribution < -0.4 is 0 Å². The molecule has 0 aliphatic rings. The van der Waals surface area contributed by atoms with Crippen LogP contribution >= 0.6 is 0 Å². The molecule has 0 rings (SSSR count). The van der Waals surface area contributed by atoms with Gasteiger partial charge < -0.3 is 4.74 Å². The van der Waals surface area contributed by atoms with Gasteiger partial charge in [0.2, 0.25) is 0 Å². The highest BCUT2D eigenvalue weighted by Gasteiger charge is 2.06. The molecule has 0 fully saturated rings. The van der Waals surface area contributed by atoms with Gasteiger partial charge in [-0.3, -0.25) is 9.59 Å². The lowest BCUT2D eigenvalue weighted by Crippen LogP contribution is -2.11. The highest BCUT2D eigenvalue weighted by molar-refractivity contribution is 5.80. The largest absolute Gasteiger partial charge is 0.381 e. The van der Waals surface area contributed by atoms with Crippen LogP contribution in [0.4, 0.5) is 0 Å². The number of rotatable bonds is 9. The zero-order valence-corrected chi connectivity index (χ0v) is 10.0. The van der Waals surface area contributed by atoms with Crippen molar-refractivity contribution in [3.8, 4) is 0 Å². The maximum Gasteiger partial charge on any atom is 0.137 e. The first-order chi connectivity index (χ1) is 7.07. The third-order valence-electron chi connectivity index (χ3n) is 2.19. The molecule has 3 heteroatoms. The Hall–Kier alpha value is -0.700. The predicted octanol–water partition coefficient (Wildman–Crippen LogP) is 2.38. The molecule has 15 heavy (non-hydrogen) atoms. The van der Waals surface area contributed by atoms with Crippen LogP contribution in [0.15, 0.2) is 0 Å². The average molecular weight is 214 g/mol. The number of carbonyl (C=O) groups excluding carboxylic acids is 2. The van der Waals surface area contributed by atoms with Crippen molar-refractivity contribution >= 4 is 11.6 Å². The van der Waals surface area contributed by atoms with E-state index < -0.39 is 0 Å². The molecule has 0 aromatic carbocycles. The van der Waals surface area contributed by atoms with Crippen LogP contribution in [0.1, 0.15) is 46.5 Å². The molecule has 0 amide bonds. The van der Waals surface area contributed by atoms with Gasteiger partial charge in [-0.2, -0.15) is 0 Å². The Kier molecular flexibility index (Phi) is 8.19. The van der Waals surface area contributed by atoms with E-state index in [0.29, 0.717) is 32.5 Å². The molecule has 0 saturated carbocycles. The van der Waals surface area contributed by atoms with Gasteiger partial charge in [0.1, 0.15) is 11.6 Å². The fraction of sp³-hybridized carbons (Fsp3) is 0.833. The Morgan fingerprint density at radius 1 is 1.07 bits per heavy atom. The Labute approximate surface area is 92.2 Å². The van der Waals surface area contributed by atoms with E-state index in [-0.39, 0.29) is 17.5 Å². The van der Waals surface area contributed by atoms with Crippen molar-refractivity contribution in [1.82, 2.24) is 0 Å². The van der Waals surface area contributed by atoms with Gasteiger partial charge in [-0.25, -0.2) is 0 Å². The maximum atomic E-state index is 11.2. The predicted molar refractivity (Wildman–Crippen MR) is 59.8 cm³/mol. The van der Waals surface area contributed by atoms with Gasteiger partial charge >= 0.3 is 0 Å². The molecule has 0 bridgehead atoms. The highest BCUT2D eigenvalue weighted by Crippen LogP contribution is 2.00. The van der Waals surface area contributed by atoms with E-state index in [1.165, 1.54) is 0 Å². The smallest absolute Gasteiger partial charge is 0.137 e. The molecule has 0 N–H and O–H groups in total. The van der Waals surface area contributed by atoms with E-state index in [4.69, 9.17) is 4.74 Å². The van der Waals surface area contributed by atoms with Crippen LogP contribution in [0, 0.1) is 5.92 Å².